The number of carbonyl (C=O) groups excluding carboxylic acids is 1. The van der Waals surface area contributed by atoms with E-state index in [1.165, 1.54) is 0 Å². The highest BCUT2D eigenvalue weighted by Crippen LogP contribution is 2.33. The second kappa shape index (κ2) is 6.62. The van der Waals surface area contributed by atoms with Gasteiger partial charge in [-0.1, -0.05) is 37.0 Å². The Labute approximate surface area is 133 Å². The van der Waals surface area contributed by atoms with Crippen LogP contribution in [0.2, 0.25) is 10.3 Å². The molecule has 5 nitrogen and oxygen atoms in total. The van der Waals surface area contributed by atoms with Crippen LogP contribution in [0, 0.1) is 18.3 Å². The van der Waals surface area contributed by atoms with Gasteiger partial charge in [-0.2, -0.15) is 0 Å². The Morgan fingerprint density at radius 3 is 2.43 bits per heavy atom. The Morgan fingerprint density at radius 1 is 1.43 bits per heavy atom. The molecular weight excluding hydrogens is 315 g/mol. The maximum Gasteiger partial charge on any atom is 0.310 e. The lowest BCUT2D eigenvalue weighted by molar-refractivity contribution is -0.153. The molecule has 0 spiro atoms. The quantitative estimate of drug-likeness (QED) is 0.804. The molecule has 0 aliphatic carbocycles. The number of amides is 1. The van der Waals surface area contributed by atoms with Crippen LogP contribution in [0.4, 0.5) is 5.69 Å². The van der Waals surface area contributed by atoms with Crippen LogP contribution in [0.5, 0.6) is 0 Å². The Hall–Kier alpha value is -1.33. The Morgan fingerprint density at radius 2 is 2.00 bits per heavy atom. The summed E-state index contributed by atoms with van der Waals surface area (Å²) in [6.07, 6.45) is -0.154. The zero-order chi connectivity index (χ0) is 16.4. The number of nitrogens with zero attached hydrogens (tertiary/aromatic N) is 1. The van der Waals surface area contributed by atoms with E-state index < -0.39 is 17.3 Å². The van der Waals surface area contributed by atoms with Gasteiger partial charge in [-0.25, -0.2) is 4.98 Å². The first-order valence-corrected chi connectivity index (χ1v) is 7.19. The molecule has 1 unspecified atom stereocenters. The highest BCUT2D eigenvalue weighted by Gasteiger charge is 2.39. The van der Waals surface area contributed by atoms with Crippen molar-refractivity contribution in [2.24, 2.45) is 11.3 Å². The van der Waals surface area contributed by atoms with E-state index in [9.17, 15) is 14.7 Å². The van der Waals surface area contributed by atoms with Crippen molar-refractivity contribution >= 4 is 40.8 Å². The van der Waals surface area contributed by atoms with Crippen LogP contribution < -0.4 is 5.32 Å². The summed E-state index contributed by atoms with van der Waals surface area (Å²) in [5, 5.41) is 12.3. The molecule has 21 heavy (non-hydrogen) atoms. The smallest absolute Gasteiger partial charge is 0.310 e. The lowest BCUT2D eigenvalue weighted by Gasteiger charge is -2.28. The number of carboxylic acid groups (broad SMARTS) is 1. The van der Waals surface area contributed by atoms with E-state index in [0.29, 0.717) is 11.3 Å². The molecule has 2 N–H and O–H groups in total. The van der Waals surface area contributed by atoms with Gasteiger partial charge in [0.1, 0.15) is 5.15 Å². The first kappa shape index (κ1) is 17.7. The number of rotatable bonds is 5. The molecule has 0 aliphatic heterocycles. The first-order chi connectivity index (χ1) is 9.57. The number of halogens is 2. The zero-order valence-electron chi connectivity index (χ0n) is 12.3. The van der Waals surface area contributed by atoms with Gasteiger partial charge in [0.05, 0.1) is 11.1 Å². The van der Waals surface area contributed by atoms with Gasteiger partial charge in [-0.3, -0.25) is 9.59 Å². The first-order valence-electron chi connectivity index (χ1n) is 6.43. The van der Waals surface area contributed by atoms with Gasteiger partial charge in [0.25, 0.3) is 0 Å². The molecule has 116 valence electrons. The summed E-state index contributed by atoms with van der Waals surface area (Å²) < 4.78 is 0. The summed E-state index contributed by atoms with van der Waals surface area (Å²) in [6.45, 7) is 6.81. The molecule has 1 aromatic heterocycles. The summed E-state index contributed by atoms with van der Waals surface area (Å²) in [7, 11) is 0. The van der Waals surface area contributed by atoms with Crippen LogP contribution in [-0.2, 0) is 9.59 Å². The van der Waals surface area contributed by atoms with E-state index in [0.717, 1.165) is 0 Å². The average molecular weight is 333 g/mol. The van der Waals surface area contributed by atoms with E-state index in [1.54, 1.807) is 33.8 Å². The topological polar surface area (TPSA) is 79.3 Å². The third-order valence-corrected chi connectivity index (χ3v) is 4.16. The molecule has 0 aromatic carbocycles. The van der Waals surface area contributed by atoms with E-state index in [-0.39, 0.29) is 22.6 Å². The third kappa shape index (κ3) is 4.08. The van der Waals surface area contributed by atoms with Gasteiger partial charge in [0.2, 0.25) is 5.91 Å². The maximum atomic E-state index is 12.1. The largest absolute Gasteiger partial charge is 0.481 e. The highest BCUT2D eigenvalue weighted by molar-refractivity contribution is 6.34. The Kier molecular flexibility index (Phi) is 5.59. The van der Waals surface area contributed by atoms with Crippen molar-refractivity contribution in [1.82, 2.24) is 4.98 Å². The van der Waals surface area contributed by atoms with Crippen molar-refractivity contribution in [3.63, 3.8) is 0 Å². The van der Waals surface area contributed by atoms with E-state index >= 15 is 0 Å². The monoisotopic (exact) mass is 332 g/mol. The fourth-order valence-corrected chi connectivity index (χ4v) is 2.37. The number of aryl methyl sites for hydroxylation is 1. The summed E-state index contributed by atoms with van der Waals surface area (Å²) in [6, 6.07) is 1.57. The molecule has 1 amide bonds. The summed E-state index contributed by atoms with van der Waals surface area (Å²) in [4.78, 5) is 27.4. The van der Waals surface area contributed by atoms with E-state index in [4.69, 9.17) is 23.2 Å². The molecule has 0 bridgehead atoms. The second-order valence-electron chi connectivity index (χ2n) is 5.53. The number of hydrogen-bond donors (Lipinski definition) is 2. The normalized spacial score (nSPS) is 13.9. The van der Waals surface area contributed by atoms with Crippen molar-refractivity contribution in [2.75, 3.05) is 5.32 Å². The molecule has 1 aromatic rings. The maximum absolute atomic E-state index is 12.1. The minimum atomic E-state index is -1.15. The number of carbonyl (C=O) groups is 2. The molecule has 0 aliphatic rings. The minimum Gasteiger partial charge on any atom is -0.481 e. The van der Waals surface area contributed by atoms with Crippen molar-refractivity contribution in [3.05, 3.63) is 21.9 Å². The van der Waals surface area contributed by atoms with Gasteiger partial charge in [-0.05, 0) is 31.4 Å². The van der Waals surface area contributed by atoms with Gasteiger partial charge in [0.15, 0.2) is 5.15 Å². The predicted molar refractivity (Wildman–Crippen MR) is 82.8 cm³/mol. The number of anilines is 1. The van der Waals surface area contributed by atoms with Crippen LogP contribution in [0.3, 0.4) is 0 Å². The van der Waals surface area contributed by atoms with Gasteiger partial charge >= 0.3 is 5.97 Å². The Bertz CT molecular complexity index is 552. The number of pyridine rings is 1. The minimum absolute atomic E-state index is 0.0786. The molecule has 0 fully saturated rings. The SMILES string of the molecule is Cc1cc(Cl)nc(Cl)c1NC(=O)CC(C)(C(=O)O)C(C)C. The fourth-order valence-electron chi connectivity index (χ4n) is 1.79. The molecule has 1 atom stereocenters. The fraction of sp³-hybridized carbons (Fsp3) is 0.500. The van der Waals surface area contributed by atoms with E-state index in [1.807, 2.05) is 0 Å². The summed E-state index contributed by atoms with van der Waals surface area (Å²) >= 11 is 11.7. The molecular formula is C14H18Cl2N2O3. The van der Waals surface area contributed by atoms with Crippen LogP contribution in [0.15, 0.2) is 6.07 Å². The summed E-state index contributed by atoms with van der Waals surface area (Å²) in [5.41, 5.74) is -0.137. The second-order valence-corrected chi connectivity index (χ2v) is 6.28. The van der Waals surface area contributed by atoms with Crippen molar-refractivity contribution in [3.8, 4) is 0 Å². The standard InChI is InChI=1S/C14H18Cl2N2O3/c1-7(2)14(4,13(20)21)6-10(19)18-11-8(3)5-9(15)17-12(11)16/h5,7H,6H2,1-4H3,(H,18,19)(H,20,21). The van der Waals surface area contributed by atoms with Gasteiger partial charge in [0, 0.05) is 6.42 Å². The average Bonchev–Trinajstić information content (AvgIpc) is 2.33. The molecule has 1 heterocycles. The number of aromatic nitrogens is 1. The lowest BCUT2D eigenvalue weighted by atomic mass is 9.76. The van der Waals surface area contributed by atoms with E-state index in [2.05, 4.69) is 10.3 Å². The molecule has 7 heteroatoms. The zero-order valence-corrected chi connectivity index (χ0v) is 13.8. The highest BCUT2D eigenvalue weighted by atomic mass is 35.5. The Balaban J connectivity index is 2.95. The van der Waals surface area contributed by atoms with Gasteiger partial charge < -0.3 is 10.4 Å². The number of nitrogens with one attached hydrogen (secondary N) is 1. The van der Waals surface area contributed by atoms with Crippen LogP contribution in [-0.4, -0.2) is 22.0 Å². The van der Waals surface area contributed by atoms with Crippen LogP contribution in [0.1, 0.15) is 32.8 Å². The molecule has 0 saturated heterocycles. The third-order valence-electron chi connectivity index (χ3n) is 3.70. The molecule has 0 radical (unpaired) electrons. The van der Waals surface area contributed by atoms with Crippen molar-refractivity contribution in [1.29, 1.82) is 0 Å². The lowest BCUT2D eigenvalue weighted by Crippen LogP contribution is -2.37. The number of carboxylic acids is 1. The summed E-state index contributed by atoms with van der Waals surface area (Å²) in [5.74, 6) is -1.63. The number of hydrogen-bond acceptors (Lipinski definition) is 3. The van der Waals surface area contributed by atoms with Crippen molar-refractivity contribution in [2.45, 2.75) is 34.1 Å². The van der Waals surface area contributed by atoms with Crippen LogP contribution >= 0.6 is 23.2 Å². The molecule has 0 saturated carbocycles. The van der Waals surface area contributed by atoms with Gasteiger partial charge in [-0.15, -0.1) is 0 Å². The predicted octanol–water partition coefficient (Wildman–Crippen LogP) is 3.77. The number of aliphatic carboxylic acids is 1. The molecule has 1 rings (SSSR count). The van der Waals surface area contributed by atoms with Crippen molar-refractivity contribution < 1.29 is 14.7 Å². The van der Waals surface area contributed by atoms with Crippen LogP contribution in [0.25, 0.3) is 0 Å².